The van der Waals surface area contributed by atoms with E-state index in [0.717, 1.165) is 29.8 Å². The SMILES string of the molecule is CCNCc1ccoc1Cn1ncc2ccccc21. The first-order chi connectivity index (χ1) is 9.38. The lowest BCUT2D eigenvalue weighted by atomic mass is 10.2. The highest BCUT2D eigenvalue weighted by Gasteiger charge is 2.09. The van der Waals surface area contributed by atoms with E-state index in [-0.39, 0.29) is 0 Å². The van der Waals surface area contributed by atoms with Crippen molar-refractivity contribution in [3.05, 3.63) is 54.1 Å². The van der Waals surface area contributed by atoms with Crippen molar-refractivity contribution < 1.29 is 4.42 Å². The fraction of sp³-hybridized carbons (Fsp3) is 0.267. The van der Waals surface area contributed by atoms with E-state index in [2.05, 4.69) is 29.5 Å². The van der Waals surface area contributed by atoms with Crippen molar-refractivity contribution in [1.82, 2.24) is 15.1 Å². The number of furan rings is 1. The third kappa shape index (κ3) is 2.39. The third-order valence-electron chi connectivity index (χ3n) is 3.25. The van der Waals surface area contributed by atoms with Crippen molar-refractivity contribution in [3.8, 4) is 0 Å². The van der Waals surface area contributed by atoms with Gasteiger partial charge in [-0.05, 0) is 18.7 Å². The lowest BCUT2D eigenvalue weighted by molar-refractivity contribution is 0.477. The molecule has 0 radical (unpaired) electrons. The van der Waals surface area contributed by atoms with E-state index in [4.69, 9.17) is 4.42 Å². The molecule has 3 aromatic rings. The van der Waals surface area contributed by atoms with Crippen LogP contribution >= 0.6 is 0 Å². The molecule has 3 rings (SSSR count). The summed E-state index contributed by atoms with van der Waals surface area (Å²) in [6, 6.07) is 10.2. The Balaban J connectivity index is 1.87. The average molecular weight is 255 g/mol. The molecule has 1 aromatic carbocycles. The Morgan fingerprint density at radius 3 is 3.05 bits per heavy atom. The Bertz CT molecular complexity index is 669. The number of aromatic nitrogens is 2. The first-order valence-corrected chi connectivity index (χ1v) is 6.55. The predicted octanol–water partition coefficient (Wildman–Crippen LogP) is 2.79. The molecule has 4 heteroatoms. The monoisotopic (exact) mass is 255 g/mol. The Hall–Kier alpha value is -2.07. The molecule has 0 aliphatic rings. The van der Waals surface area contributed by atoms with Crippen LogP contribution in [0.1, 0.15) is 18.2 Å². The number of para-hydroxylation sites is 1. The van der Waals surface area contributed by atoms with Gasteiger partial charge in [-0.15, -0.1) is 0 Å². The van der Waals surface area contributed by atoms with Gasteiger partial charge in [0.1, 0.15) is 5.76 Å². The molecule has 2 heterocycles. The zero-order valence-electron chi connectivity index (χ0n) is 11.0. The molecule has 0 bridgehead atoms. The molecule has 4 nitrogen and oxygen atoms in total. The zero-order valence-corrected chi connectivity index (χ0v) is 11.0. The van der Waals surface area contributed by atoms with Crippen LogP contribution < -0.4 is 5.32 Å². The van der Waals surface area contributed by atoms with Gasteiger partial charge in [-0.25, -0.2) is 0 Å². The second-order valence-electron chi connectivity index (χ2n) is 4.51. The molecule has 0 saturated carbocycles. The van der Waals surface area contributed by atoms with Crippen LogP contribution in [0.5, 0.6) is 0 Å². The topological polar surface area (TPSA) is 43.0 Å². The first-order valence-electron chi connectivity index (χ1n) is 6.55. The van der Waals surface area contributed by atoms with Crippen LogP contribution in [0.4, 0.5) is 0 Å². The minimum atomic E-state index is 0.668. The molecule has 19 heavy (non-hydrogen) atoms. The molecule has 1 N–H and O–H groups in total. The Kier molecular flexibility index (Phi) is 3.33. The zero-order chi connectivity index (χ0) is 13.1. The van der Waals surface area contributed by atoms with Crippen LogP contribution in [0.25, 0.3) is 10.9 Å². The molecule has 0 aliphatic heterocycles. The molecule has 2 aromatic heterocycles. The van der Waals surface area contributed by atoms with Gasteiger partial charge in [0.05, 0.1) is 24.5 Å². The minimum Gasteiger partial charge on any atom is -0.467 e. The van der Waals surface area contributed by atoms with Crippen LogP contribution in [0.15, 0.2) is 47.2 Å². The van der Waals surface area contributed by atoms with E-state index in [0.29, 0.717) is 6.54 Å². The highest BCUT2D eigenvalue weighted by atomic mass is 16.3. The predicted molar refractivity (Wildman–Crippen MR) is 74.9 cm³/mol. The van der Waals surface area contributed by atoms with Crippen molar-refractivity contribution >= 4 is 10.9 Å². The quantitative estimate of drug-likeness (QED) is 0.762. The van der Waals surface area contributed by atoms with Crippen LogP contribution in [0, 0.1) is 0 Å². The smallest absolute Gasteiger partial charge is 0.129 e. The maximum absolute atomic E-state index is 5.58. The van der Waals surface area contributed by atoms with E-state index in [1.807, 2.05) is 29.1 Å². The van der Waals surface area contributed by atoms with Gasteiger partial charge in [-0.3, -0.25) is 4.68 Å². The summed E-state index contributed by atoms with van der Waals surface area (Å²) in [4.78, 5) is 0. The van der Waals surface area contributed by atoms with Crippen LogP contribution in [0.2, 0.25) is 0 Å². The standard InChI is InChI=1S/C15H17N3O/c1-2-16-9-13-7-8-19-15(13)11-18-14-6-4-3-5-12(14)10-17-18/h3-8,10,16H,2,9,11H2,1H3. The summed E-state index contributed by atoms with van der Waals surface area (Å²) in [6.07, 6.45) is 3.63. The lowest BCUT2D eigenvalue weighted by Gasteiger charge is -2.05. The fourth-order valence-electron chi connectivity index (χ4n) is 2.21. The fourth-order valence-corrected chi connectivity index (χ4v) is 2.21. The molecule has 0 saturated heterocycles. The van der Waals surface area contributed by atoms with E-state index in [1.165, 1.54) is 5.56 Å². The highest BCUT2D eigenvalue weighted by Crippen LogP contribution is 2.17. The van der Waals surface area contributed by atoms with E-state index in [9.17, 15) is 0 Å². The number of fused-ring (bicyclic) bond motifs is 1. The summed E-state index contributed by atoms with van der Waals surface area (Å²) in [6.45, 7) is 4.55. The molecule has 0 spiro atoms. The summed E-state index contributed by atoms with van der Waals surface area (Å²) >= 11 is 0. The lowest BCUT2D eigenvalue weighted by Crippen LogP contribution is -2.13. The van der Waals surface area contributed by atoms with Crippen molar-refractivity contribution in [2.75, 3.05) is 6.54 Å². The summed E-state index contributed by atoms with van der Waals surface area (Å²) in [5, 5.41) is 8.90. The number of rotatable bonds is 5. The van der Waals surface area contributed by atoms with Crippen molar-refractivity contribution in [2.24, 2.45) is 0 Å². The second-order valence-corrected chi connectivity index (χ2v) is 4.51. The number of hydrogen-bond donors (Lipinski definition) is 1. The molecular weight excluding hydrogens is 238 g/mol. The van der Waals surface area contributed by atoms with Gasteiger partial charge >= 0.3 is 0 Å². The maximum atomic E-state index is 5.58. The molecule has 0 fully saturated rings. The molecule has 0 amide bonds. The number of nitrogens with zero attached hydrogens (tertiary/aromatic N) is 2. The van der Waals surface area contributed by atoms with Gasteiger partial charge < -0.3 is 9.73 Å². The number of hydrogen-bond acceptors (Lipinski definition) is 3. The summed E-state index contributed by atoms with van der Waals surface area (Å²) in [5.74, 6) is 0.967. The van der Waals surface area contributed by atoms with Crippen LogP contribution in [-0.2, 0) is 13.1 Å². The van der Waals surface area contributed by atoms with Crippen molar-refractivity contribution in [1.29, 1.82) is 0 Å². The van der Waals surface area contributed by atoms with Gasteiger partial charge in [0.2, 0.25) is 0 Å². The summed E-state index contributed by atoms with van der Waals surface area (Å²) in [5.41, 5.74) is 2.33. The van der Waals surface area contributed by atoms with Crippen LogP contribution in [-0.4, -0.2) is 16.3 Å². The number of benzene rings is 1. The molecule has 0 unspecified atom stereocenters. The van der Waals surface area contributed by atoms with Crippen molar-refractivity contribution in [2.45, 2.75) is 20.0 Å². The Labute approximate surface area is 112 Å². The van der Waals surface area contributed by atoms with Crippen molar-refractivity contribution in [3.63, 3.8) is 0 Å². The highest BCUT2D eigenvalue weighted by molar-refractivity contribution is 5.78. The van der Waals surface area contributed by atoms with E-state index in [1.54, 1.807) is 6.26 Å². The molecule has 98 valence electrons. The van der Waals surface area contributed by atoms with Gasteiger partial charge in [-0.1, -0.05) is 25.1 Å². The largest absolute Gasteiger partial charge is 0.467 e. The second kappa shape index (κ2) is 5.28. The van der Waals surface area contributed by atoms with Gasteiger partial charge in [0.15, 0.2) is 0 Å². The average Bonchev–Trinajstić information content (AvgIpc) is 3.05. The molecule has 0 aliphatic carbocycles. The van der Waals surface area contributed by atoms with Gasteiger partial charge in [0.25, 0.3) is 0 Å². The van der Waals surface area contributed by atoms with E-state index >= 15 is 0 Å². The molecular formula is C15H17N3O. The third-order valence-corrected chi connectivity index (χ3v) is 3.25. The summed E-state index contributed by atoms with van der Waals surface area (Å²) in [7, 11) is 0. The Morgan fingerprint density at radius 1 is 1.26 bits per heavy atom. The van der Waals surface area contributed by atoms with Crippen LogP contribution in [0.3, 0.4) is 0 Å². The van der Waals surface area contributed by atoms with E-state index < -0.39 is 0 Å². The maximum Gasteiger partial charge on any atom is 0.129 e. The normalized spacial score (nSPS) is 11.2. The minimum absolute atomic E-state index is 0.668. The molecule has 0 atom stereocenters. The Morgan fingerprint density at radius 2 is 2.16 bits per heavy atom. The number of nitrogens with one attached hydrogen (secondary N) is 1. The first kappa shape index (κ1) is 12.0. The van der Waals surface area contributed by atoms with Gasteiger partial charge in [-0.2, -0.15) is 5.10 Å². The van der Waals surface area contributed by atoms with Gasteiger partial charge in [0, 0.05) is 17.5 Å². The summed E-state index contributed by atoms with van der Waals surface area (Å²) < 4.78 is 7.56.